The molecule has 4 nitrogen and oxygen atoms in total. The van der Waals surface area contributed by atoms with Crippen molar-refractivity contribution in [3.63, 3.8) is 0 Å². The molecule has 2 unspecified atom stereocenters. The van der Waals surface area contributed by atoms with Gasteiger partial charge >= 0.3 is 0 Å². The third-order valence-electron chi connectivity index (χ3n) is 5.95. The van der Waals surface area contributed by atoms with Crippen LogP contribution in [0.3, 0.4) is 0 Å². The van der Waals surface area contributed by atoms with Crippen LogP contribution in [0.5, 0.6) is 0 Å². The standard InChI is InChI=1S/C23H26N4S/c1-15(18-14-25-19-7-3-2-6-17(18)19)26-22(16-10-12-24-13-11-16)23-27-20-8-4-5-9-21(20)28-23/h2-9,14-16,22,24-26H,10-13H2,1H3. The van der Waals surface area contributed by atoms with Gasteiger partial charge in [-0.05, 0) is 62.5 Å². The Bertz CT molecular complexity index is 1040. The smallest absolute Gasteiger partial charge is 0.111 e. The molecule has 0 radical (unpaired) electrons. The largest absolute Gasteiger partial charge is 0.361 e. The lowest BCUT2D eigenvalue weighted by atomic mass is 9.89. The second-order valence-electron chi connectivity index (χ2n) is 7.76. The summed E-state index contributed by atoms with van der Waals surface area (Å²) in [6.45, 7) is 4.46. The van der Waals surface area contributed by atoms with E-state index in [9.17, 15) is 0 Å². The van der Waals surface area contributed by atoms with Gasteiger partial charge in [-0.15, -0.1) is 11.3 Å². The molecular formula is C23H26N4S. The van der Waals surface area contributed by atoms with Crippen LogP contribution in [0, 0.1) is 5.92 Å². The summed E-state index contributed by atoms with van der Waals surface area (Å²) in [4.78, 5) is 8.43. The van der Waals surface area contributed by atoms with Crippen molar-refractivity contribution in [1.82, 2.24) is 20.6 Å². The number of rotatable bonds is 5. The van der Waals surface area contributed by atoms with E-state index in [-0.39, 0.29) is 12.1 Å². The van der Waals surface area contributed by atoms with E-state index in [2.05, 4.69) is 77.3 Å². The molecule has 5 rings (SSSR count). The number of thiazole rings is 1. The molecule has 3 heterocycles. The fraction of sp³-hybridized carbons (Fsp3) is 0.348. The third-order valence-corrected chi connectivity index (χ3v) is 7.07. The average molecular weight is 391 g/mol. The molecule has 5 heteroatoms. The Balaban J connectivity index is 1.48. The minimum absolute atomic E-state index is 0.253. The number of nitrogens with one attached hydrogen (secondary N) is 3. The van der Waals surface area contributed by atoms with E-state index < -0.39 is 0 Å². The normalized spacial score (nSPS) is 17.9. The first-order chi connectivity index (χ1) is 13.8. The van der Waals surface area contributed by atoms with Crippen LogP contribution < -0.4 is 10.6 Å². The Morgan fingerprint density at radius 1 is 1.07 bits per heavy atom. The van der Waals surface area contributed by atoms with Gasteiger partial charge in [-0.25, -0.2) is 4.98 Å². The average Bonchev–Trinajstić information content (AvgIpc) is 3.36. The first kappa shape index (κ1) is 17.9. The first-order valence-electron chi connectivity index (χ1n) is 10.2. The fourth-order valence-electron chi connectivity index (χ4n) is 4.42. The van der Waals surface area contributed by atoms with Crippen LogP contribution in [0.25, 0.3) is 21.1 Å². The topological polar surface area (TPSA) is 52.7 Å². The molecule has 0 aliphatic carbocycles. The van der Waals surface area contributed by atoms with E-state index in [4.69, 9.17) is 4.98 Å². The molecule has 4 aromatic rings. The van der Waals surface area contributed by atoms with Crippen LogP contribution in [-0.2, 0) is 0 Å². The number of para-hydroxylation sites is 2. The van der Waals surface area contributed by atoms with E-state index in [1.807, 2.05) is 11.3 Å². The van der Waals surface area contributed by atoms with Crippen LogP contribution in [0.15, 0.2) is 54.7 Å². The van der Waals surface area contributed by atoms with Gasteiger partial charge in [0.1, 0.15) is 5.01 Å². The lowest BCUT2D eigenvalue weighted by Crippen LogP contribution is -2.37. The Kier molecular flexibility index (Phi) is 4.89. The van der Waals surface area contributed by atoms with Crippen molar-refractivity contribution in [2.45, 2.75) is 31.8 Å². The van der Waals surface area contributed by atoms with Gasteiger partial charge in [0.15, 0.2) is 0 Å². The van der Waals surface area contributed by atoms with Crippen molar-refractivity contribution in [2.24, 2.45) is 5.92 Å². The van der Waals surface area contributed by atoms with Crippen molar-refractivity contribution in [3.05, 3.63) is 65.3 Å². The molecule has 2 aromatic carbocycles. The number of hydrogen-bond acceptors (Lipinski definition) is 4. The molecule has 0 bridgehead atoms. The van der Waals surface area contributed by atoms with Crippen molar-refractivity contribution < 1.29 is 0 Å². The summed E-state index contributed by atoms with van der Waals surface area (Å²) in [6, 6.07) is 17.6. The van der Waals surface area contributed by atoms with Crippen molar-refractivity contribution in [1.29, 1.82) is 0 Å². The highest BCUT2D eigenvalue weighted by Gasteiger charge is 2.29. The molecule has 1 fully saturated rings. The minimum atomic E-state index is 0.253. The predicted molar refractivity (Wildman–Crippen MR) is 118 cm³/mol. The summed E-state index contributed by atoms with van der Waals surface area (Å²) in [7, 11) is 0. The number of benzene rings is 2. The highest BCUT2D eigenvalue weighted by atomic mass is 32.1. The number of piperidine rings is 1. The molecule has 1 saturated heterocycles. The quantitative estimate of drug-likeness (QED) is 0.441. The van der Waals surface area contributed by atoms with Crippen molar-refractivity contribution in [3.8, 4) is 0 Å². The van der Waals surface area contributed by atoms with E-state index in [0.29, 0.717) is 5.92 Å². The third kappa shape index (κ3) is 3.34. The molecule has 2 aromatic heterocycles. The molecule has 0 amide bonds. The number of hydrogen-bond donors (Lipinski definition) is 3. The van der Waals surface area contributed by atoms with E-state index in [1.54, 1.807) is 0 Å². The maximum atomic E-state index is 5.01. The van der Waals surface area contributed by atoms with Gasteiger partial charge in [0.05, 0.1) is 16.3 Å². The van der Waals surface area contributed by atoms with Gasteiger partial charge in [0.2, 0.25) is 0 Å². The SMILES string of the molecule is CC(NC(c1nc2ccccc2s1)C1CCNCC1)c1c[nH]c2ccccc12. The van der Waals surface area contributed by atoms with E-state index >= 15 is 0 Å². The van der Waals surface area contributed by atoms with Gasteiger partial charge in [-0.3, -0.25) is 0 Å². The summed E-state index contributed by atoms with van der Waals surface area (Å²) in [6.07, 6.45) is 4.53. The zero-order valence-corrected chi connectivity index (χ0v) is 16.9. The predicted octanol–water partition coefficient (Wildman–Crippen LogP) is 5.17. The number of H-pyrrole nitrogens is 1. The minimum Gasteiger partial charge on any atom is -0.361 e. The number of aromatic nitrogens is 2. The van der Waals surface area contributed by atoms with Gasteiger partial charge < -0.3 is 15.6 Å². The van der Waals surface area contributed by atoms with Crippen LogP contribution in [0.2, 0.25) is 0 Å². The molecular weight excluding hydrogens is 364 g/mol. The molecule has 144 valence electrons. The lowest BCUT2D eigenvalue weighted by Gasteiger charge is -2.32. The second-order valence-corrected chi connectivity index (χ2v) is 8.83. The van der Waals surface area contributed by atoms with Gasteiger partial charge in [-0.1, -0.05) is 30.3 Å². The number of nitrogens with zero attached hydrogens (tertiary/aromatic N) is 1. The highest BCUT2D eigenvalue weighted by molar-refractivity contribution is 7.18. The van der Waals surface area contributed by atoms with Crippen LogP contribution in [0.4, 0.5) is 0 Å². The first-order valence-corrected chi connectivity index (χ1v) is 11.0. The Labute approximate surface area is 169 Å². The van der Waals surface area contributed by atoms with Crippen LogP contribution in [0.1, 0.15) is 42.4 Å². The Morgan fingerprint density at radius 3 is 2.71 bits per heavy atom. The molecule has 1 aliphatic heterocycles. The van der Waals surface area contributed by atoms with Crippen molar-refractivity contribution in [2.75, 3.05) is 13.1 Å². The maximum Gasteiger partial charge on any atom is 0.111 e. The number of fused-ring (bicyclic) bond motifs is 2. The summed E-state index contributed by atoms with van der Waals surface area (Å²) in [5, 5.41) is 9.99. The Morgan fingerprint density at radius 2 is 1.86 bits per heavy atom. The zero-order chi connectivity index (χ0) is 18.9. The molecule has 0 spiro atoms. The molecule has 2 atom stereocenters. The molecule has 0 saturated carbocycles. The molecule has 28 heavy (non-hydrogen) atoms. The van der Waals surface area contributed by atoms with Crippen molar-refractivity contribution >= 4 is 32.5 Å². The van der Waals surface area contributed by atoms with E-state index in [1.165, 1.54) is 39.0 Å². The maximum absolute atomic E-state index is 5.01. The van der Waals surface area contributed by atoms with Gasteiger partial charge in [-0.2, -0.15) is 0 Å². The highest BCUT2D eigenvalue weighted by Crippen LogP contribution is 2.36. The molecule has 3 N–H and O–H groups in total. The summed E-state index contributed by atoms with van der Waals surface area (Å²) in [5.41, 5.74) is 3.64. The Hall–Kier alpha value is -2.21. The van der Waals surface area contributed by atoms with Gasteiger partial charge in [0, 0.05) is 23.1 Å². The van der Waals surface area contributed by atoms with E-state index in [0.717, 1.165) is 18.6 Å². The summed E-state index contributed by atoms with van der Waals surface area (Å²) < 4.78 is 1.28. The lowest BCUT2D eigenvalue weighted by molar-refractivity contribution is 0.268. The number of aromatic amines is 1. The van der Waals surface area contributed by atoms with Crippen LogP contribution in [-0.4, -0.2) is 23.1 Å². The van der Waals surface area contributed by atoms with Crippen LogP contribution >= 0.6 is 11.3 Å². The summed E-state index contributed by atoms with van der Waals surface area (Å²) in [5.74, 6) is 0.606. The second kappa shape index (κ2) is 7.66. The fourth-order valence-corrected chi connectivity index (χ4v) is 5.54. The van der Waals surface area contributed by atoms with Gasteiger partial charge in [0.25, 0.3) is 0 Å². The summed E-state index contributed by atoms with van der Waals surface area (Å²) >= 11 is 1.84. The molecule has 1 aliphatic rings. The monoisotopic (exact) mass is 390 g/mol. The zero-order valence-electron chi connectivity index (χ0n) is 16.1.